The molecule has 2 aromatic carbocycles. The minimum absolute atomic E-state index is 0.145. The summed E-state index contributed by atoms with van der Waals surface area (Å²) in [6, 6.07) is 9.14. The number of halogens is 1. The summed E-state index contributed by atoms with van der Waals surface area (Å²) in [5.74, 6) is -0.241. The number of phenols is 1. The SMILES string of the molecule is C=C(C)C(=O)OCCCc1cc(-n2nc3ccc(Cl)cc3n2)c(O)c(C(C)(C)C)c1. The lowest BCUT2D eigenvalue weighted by atomic mass is 9.84. The van der Waals surface area contributed by atoms with Gasteiger partial charge in [-0.15, -0.1) is 15.0 Å². The Morgan fingerprint density at radius 3 is 2.57 bits per heavy atom. The third kappa shape index (κ3) is 4.82. The van der Waals surface area contributed by atoms with Crippen LogP contribution in [0.15, 0.2) is 42.5 Å². The van der Waals surface area contributed by atoms with Crippen LogP contribution in [0, 0.1) is 0 Å². The van der Waals surface area contributed by atoms with Crippen LogP contribution in [0.25, 0.3) is 16.7 Å². The lowest BCUT2D eigenvalue weighted by molar-refractivity contribution is -0.139. The Balaban J connectivity index is 1.94. The third-order valence-electron chi connectivity index (χ3n) is 4.71. The van der Waals surface area contributed by atoms with Crippen molar-refractivity contribution in [1.29, 1.82) is 0 Å². The maximum atomic E-state index is 11.5. The van der Waals surface area contributed by atoms with E-state index in [9.17, 15) is 9.90 Å². The number of fused-ring (bicyclic) bond motifs is 1. The number of carbonyl (C=O) groups is 1. The zero-order chi connectivity index (χ0) is 22.1. The van der Waals surface area contributed by atoms with Gasteiger partial charge in [-0.25, -0.2) is 4.79 Å². The van der Waals surface area contributed by atoms with Gasteiger partial charge in [0.15, 0.2) is 0 Å². The molecular weight excluding hydrogens is 402 g/mol. The van der Waals surface area contributed by atoms with Gasteiger partial charge >= 0.3 is 5.97 Å². The van der Waals surface area contributed by atoms with Crippen molar-refractivity contribution in [3.63, 3.8) is 0 Å². The van der Waals surface area contributed by atoms with Crippen molar-refractivity contribution >= 4 is 28.6 Å². The first-order chi connectivity index (χ1) is 14.1. The van der Waals surface area contributed by atoms with E-state index in [4.69, 9.17) is 16.3 Å². The number of aromatic hydroxyl groups is 1. The number of nitrogens with zero attached hydrogens (tertiary/aromatic N) is 3. The number of hydrogen-bond acceptors (Lipinski definition) is 5. The molecule has 0 aliphatic heterocycles. The molecule has 3 rings (SSSR count). The zero-order valence-corrected chi connectivity index (χ0v) is 18.5. The lowest BCUT2D eigenvalue weighted by Crippen LogP contribution is -2.14. The van der Waals surface area contributed by atoms with E-state index < -0.39 is 0 Å². The molecule has 30 heavy (non-hydrogen) atoms. The first-order valence-electron chi connectivity index (χ1n) is 9.78. The summed E-state index contributed by atoms with van der Waals surface area (Å²) >= 11 is 6.06. The molecule has 1 aromatic heterocycles. The molecule has 0 spiro atoms. The van der Waals surface area contributed by atoms with Crippen molar-refractivity contribution in [2.45, 2.75) is 46.0 Å². The smallest absolute Gasteiger partial charge is 0.333 e. The predicted octanol–water partition coefficient (Wildman–Crippen LogP) is 5.13. The Morgan fingerprint density at radius 2 is 1.90 bits per heavy atom. The second-order valence-corrected chi connectivity index (χ2v) is 8.84. The molecule has 3 aromatic rings. The molecule has 158 valence electrons. The highest BCUT2D eigenvalue weighted by Crippen LogP contribution is 2.36. The molecule has 0 bridgehead atoms. The van der Waals surface area contributed by atoms with E-state index in [-0.39, 0.29) is 17.1 Å². The fourth-order valence-corrected chi connectivity index (χ4v) is 3.27. The van der Waals surface area contributed by atoms with Gasteiger partial charge in [0.25, 0.3) is 0 Å². The molecular formula is C23H26ClN3O3. The molecule has 0 atom stereocenters. The summed E-state index contributed by atoms with van der Waals surface area (Å²) in [6.45, 7) is 11.6. The van der Waals surface area contributed by atoms with E-state index in [1.807, 2.05) is 32.9 Å². The first-order valence-corrected chi connectivity index (χ1v) is 10.2. The molecule has 6 nitrogen and oxygen atoms in total. The van der Waals surface area contributed by atoms with Gasteiger partial charge in [0.05, 0.1) is 6.61 Å². The Hall–Kier alpha value is -2.86. The van der Waals surface area contributed by atoms with Gasteiger partial charge in [0.2, 0.25) is 0 Å². The summed E-state index contributed by atoms with van der Waals surface area (Å²) in [5, 5.41) is 20.5. The molecule has 0 amide bonds. The molecule has 0 fully saturated rings. The molecule has 0 unspecified atom stereocenters. The highest BCUT2D eigenvalue weighted by molar-refractivity contribution is 6.31. The van der Waals surface area contributed by atoms with E-state index in [2.05, 4.69) is 16.8 Å². The Labute approximate surface area is 181 Å². The number of phenolic OH excluding ortho intramolecular Hbond substituents is 1. The summed E-state index contributed by atoms with van der Waals surface area (Å²) < 4.78 is 5.18. The standard InChI is InChI=1S/C23H26ClN3O3/c1-14(2)22(29)30-10-6-7-15-11-17(23(3,4)5)21(28)20(12-15)27-25-18-9-8-16(24)13-19(18)26-27/h8-9,11-13,28H,1,6-7,10H2,2-5H3. The summed E-state index contributed by atoms with van der Waals surface area (Å²) in [5.41, 5.74) is 3.74. The quantitative estimate of drug-likeness (QED) is 0.335. The number of aryl methyl sites for hydroxylation is 1. The van der Waals surface area contributed by atoms with E-state index in [0.29, 0.717) is 46.8 Å². The topological polar surface area (TPSA) is 77.2 Å². The maximum Gasteiger partial charge on any atom is 0.333 e. The van der Waals surface area contributed by atoms with E-state index in [1.165, 1.54) is 4.80 Å². The van der Waals surface area contributed by atoms with Gasteiger partial charge in [0, 0.05) is 16.2 Å². The van der Waals surface area contributed by atoms with Crippen LogP contribution in [0.3, 0.4) is 0 Å². The van der Waals surface area contributed by atoms with Gasteiger partial charge < -0.3 is 9.84 Å². The van der Waals surface area contributed by atoms with E-state index in [1.54, 1.807) is 25.1 Å². The third-order valence-corrected chi connectivity index (χ3v) is 4.94. The largest absolute Gasteiger partial charge is 0.505 e. The van der Waals surface area contributed by atoms with Gasteiger partial charge in [-0.05, 0) is 55.0 Å². The summed E-state index contributed by atoms with van der Waals surface area (Å²) in [6.07, 6.45) is 1.32. The first kappa shape index (κ1) is 21.8. The molecule has 7 heteroatoms. The Morgan fingerprint density at radius 1 is 1.20 bits per heavy atom. The van der Waals surface area contributed by atoms with Gasteiger partial charge in [-0.2, -0.15) is 0 Å². The van der Waals surface area contributed by atoms with E-state index >= 15 is 0 Å². The average molecular weight is 428 g/mol. The van der Waals surface area contributed by atoms with Crippen molar-refractivity contribution in [2.24, 2.45) is 0 Å². The summed E-state index contributed by atoms with van der Waals surface area (Å²) in [4.78, 5) is 13.0. The predicted molar refractivity (Wildman–Crippen MR) is 118 cm³/mol. The van der Waals surface area contributed by atoms with Gasteiger partial charge in [-0.1, -0.05) is 45.0 Å². The number of aromatic nitrogens is 3. The normalized spacial score (nSPS) is 11.6. The number of hydrogen-bond donors (Lipinski definition) is 1. The zero-order valence-electron chi connectivity index (χ0n) is 17.7. The van der Waals surface area contributed by atoms with Crippen LogP contribution in [0.2, 0.25) is 5.02 Å². The number of ether oxygens (including phenoxy) is 1. The van der Waals surface area contributed by atoms with Crippen molar-refractivity contribution in [1.82, 2.24) is 15.0 Å². The van der Waals surface area contributed by atoms with Crippen LogP contribution in [0.4, 0.5) is 0 Å². The maximum absolute atomic E-state index is 11.5. The highest BCUT2D eigenvalue weighted by atomic mass is 35.5. The Kier molecular flexibility index (Phi) is 6.17. The number of carbonyl (C=O) groups excluding carboxylic acids is 1. The van der Waals surface area contributed by atoms with Crippen molar-refractivity contribution in [3.8, 4) is 11.4 Å². The second kappa shape index (κ2) is 8.48. The van der Waals surface area contributed by atoms with Crippen LogP contribution >= 0.6 is 11.6 Å². The molecule has 1 heterocycles. The molecule has 0 aliphatic rings. The van der Waals surface area contributed by atoms with Crippen LogP contribution in [0.1, 0.15) is 45.2 Å². The van der Waals surface area contributed by atoms with E-state index in [0.717, 1.165) is 11.1 Å². The van der Waals surface area contributed by atoms with Crippen molar-refractivity contribution in [2.75, 3.05) is 6.61 Å². The fraction of sp³-hybridized carbons (Fsp3) is 0.348. The summed E-state index contributed by atoms with van der Waals surface area (Å²) in [7, 11) is 0. The van der Waals surface area contributed by atoms with Crippen LogP contribution in [-0.2, 0) is 21.4 Å². The minimum atomic E-state index is -0.386. The monoisotopic (exact) mass is 427 g/mol. The second-order valence-electron chi connectivity index (χ2n) is 8.40. The van der Waals surface area contributed by atoms with Gasteiger partial charge in [0.1, 0.15) is 22.5 Å². The lowest BCUT2D eigenvalue weighted by Gasteiger charge is -2.23. The van der Waals surface area contributed by atoms with Gasteiger partial charge in [-0.3, -0.25) is 0 Å². The molecule has 1 N–H and O–H groups in total. The average Bonchev–Trinajstić information content (AvgIpc) is 3.07. The highest BCUT2D eigenvalue weighted by Gasteiger charge is 2.23. The minimum Gasteiger partial charge on any atom is -0.505 e. The molecule has 0 saturated carbocycles. The van der Waals surface area contributed by atoms with Crippen LogP contribution in [0.5, 0.6) is 5.75 Å². The van der Waals surface area contributed by atoms with Crippen molar-refractivity contribution in [3.05, 3.63) is 58.6 Å². The number of rotatable bonds is 6. The van der Waals surface area contributed by atoms with Crippen LogP contribution < -0.4 is 0 Å². The Bertz CT molecular complexity index is 1110. The molecule has 0 aliphatic carbocycles. The molecule has 0 saturated heterocycles. The van der Waals surface area contributed by atoms with Crippen LogP contribution in [-0.4, -0.2) is 32.7 Å². The number of benzene rings is 2. The number of esters is 1. The van der Waals surface area contributed by atoms with Crippen molar-refractivity contribution < 1.29 is 14.6 Å². The fourth-order valence-electron chi connectivity index (χ4n) is 3.11. The molecule has 0 radical (unpaired) electrons.